The van der Waals surface area contributed by atoms with Gasteiger partial charge in [0.25, 0.3) is 10.0 Å². The number of hydrogen-bond acceptors (Lipinski definition) is 7. The number of halogens is 3. The summed E-state index contributed by atoms with van der Waals surface area (Å²) in [7, 11) is -2.91. The normalized spacial score (nSPS) is 22.2. The maximum Gasteiger partial charge on any atom is 0.311 e. The molecule has 220 valence electrons. The van der Waals surface area contributed by atoms with Gasteiger partial charge in [0.05, 0.1) is 24.1 Å². The van der Waals surface area contributed by atoms with E-state index >= 15 is 8.78 Å². The minimum atomic E-state index is -4.23. The van der Waals surface area contributed by atoms with Gasteiger partial charge in [-0.3, -0.25) is 4.79 Å². The van der Waals surface area contributed by atoms with Gasteiger partial charge in [0.2, 0.25) is 0 Å². The molecule has 3 aliphatic carbocycles. The quantitative estimate of drug-likeness (QED) is 0.278. The fraction of sp³-hybridized carbons (Fsp3) is 0.367. The van der Waals surface area contributed by atoms with Gasteiger partial charge in [0, 0.05) is 29.3 Å². The number of nitrogens with one attached hydrogen (secondary N) is 1. The molecule has 4 atom stereocenters. The highest BCUT2D eigenvalue weighted by molar-refractivity contribution is 7.90. The standard InChI is InChI=1S/C30H29F3N4O4S/c1-16-6-10-20(11-7-16)42(39,40)37-15-22(21-12-19(31)14-34-29(21)37)27-23(32)13-24(33)28(36-27)35-26-18-5-3-4-17(8-9-18)25(26)30(38)41-2/h6-7,10-15,17-18,25-26H,3-5,8-9H2,1-2H3,(H,35,36)/t17?,18?,25-,26-/m0/s1. The van der Waals surface area contributed by atoms with Crippen molar-refractivity contribution < 1.29 is 31.1 Å². The summed E-state index contributed by atoms with van der Waals surface area (Å²) in [5.41, 5.74) is 0.239. The van der Waals surface area contributed by atoms with E-state index in [0.717, 1.165) is 60.1 Å². The third kappa shape index (κ3) is 4.81. The number of aryl methyl sites for hydroxylation is 1. The molecular formula is C30H29F3N4O4S. The predicted molar refractivity (Wildman–Crippen MR) is 150 cm³/mol. The Labute approximate surface area is 241 Å². The lowest BCUT2D eigenvalue weighted by Crippen LogP contribution is -2.47. The summed E-state index contributed by atoms with van der Waals surface area (Å²) < 4.78 is 78.1. The summed E-state index contributed by atoms with van der Waals surface area (Å²) in [5, 5.41) is 3.06. The zero-order chi connectivity index (χ0) is 29.8. The molecule has 42 heavy (non-hydrogen) atoms. The van der Waals surface area contributed by atoms with E-state index in [0.29, 0.717) is 6.07 Å². The smallest absolute Gasteiger partial charge is 0.311 e. The topological polar surface area (TPSA) is 103 Å². The molecule has 3 fully saturated rings. The van der Waals surface area contributed by atoms with Crippen LogP contribution in [0.25, 0.3) is 22.3 Å². The minimum absolute atomic E-state index is 0.0180. The molecule has 3 aromatic heterocycles. The number of pyridine rings is 2. The number of carbonyl (C=O) groups is 1. The van der Waals surface area contributed by atoms with Gasteiger partial charge >= 0.3 is 5.97 Å². The number of fused-ring (bicyclic) bond motifs is 5. The lowest BCUT2D eigenvalue weighted by Gasteiger charge is -2.39. The third-order valence-corrected chi connectivity index (χ3v) is 10.2. The maximum atomic E-state index is 15.4. The first-order chi connectivity index (χ1) is 20.1. The fourth-order valence-electron chi connectivity index (χ4n) is 6.51. The van der Waals surface area contributed by atoms with E-state index < -0.39 is 45.4 Å². The van der Waals surface area contributed by atoms with Gasteiger partial charge in [-0.15, -0.1) is 0 Å². The van der Waals surface area contributed by atoms with E-state index in [1.807, 2.05) is 6.92 Å². The Bertz CT molecular complexity index is 1790. The molecule has 3 saturated carbocycles. The van der Waals surface area contributed by atoms with Gasteiger partial charge in [-0.1, -0.05) is 24.1 Å². The third-order valence-electron chi connectivity index (χ3n) is 8.58. The molecule has 1 aromatic carbocycles. The van der Waals surface area contributed by atoms with Crippen molar-refractivity contribution in [3.05, 3.63) is 71.8 Å². The van der Waals surface area contributed by atoms with Gasteiger partial charge in [0.1, 0.15) is 11.5 Å². The number of benzene rings is 1. The number of methoxy groups -OCH3 is 1. The number of aromatic nitrogens is 3. The molecule has 2 bridgehead atoms. The molecule has 0 aliphatic heterocycles. The summed E-state index contributed by atoms with van der Waals surface area (Å²) in [6.07, 6.45) is 6.31. The van der Waals surface area contributed by atoms with Crippen molar-refractivity contribution in [1.29, 1.82) is 0 Å². The molecule has 3 heterocycles. The van der Waals surface area contributed by atoms with Crippen LogP contribution in [0.5, 0.6) is 0 Å². The highest BCUT2D eigenvalue weighted by Crippen LogP contribution is 2.45. The molecule has 0 saturated heterocycles. The Morgan fingerprint density at radius 3 is 2.48 bits per heavy atom. The molecular weight excluding hydrogens is 569 g/mol. The Morgan fingerprint density at radius 2 is 1.74 bits per heavy atom. The number of anilines is 1. The summed E-state index contributed by atoms with van der Waals surface area (Å²) in [5.74, 6) is -3.89. The molecule has 0 spiro atoms. The summed E-state index contributed by atoms with van der Waals surface area (Å²) in [6, 6.07) is 7.32. The number of rotatable bonds is 6. The van der Waals surface area contributed by atoms with Crippen molar-refractivity contribution >= 4 is 32.8 Å². The van der Waals surface area contributed by atoms with E-state index in [-0.39, 0.29) is 44.8 Å². The Balaban J connectivity index is 1.47. The van der Waals surface area contributed by atoms with Crippen LogP contribution in [0.1, 0.15) is 37.7 Å². The molecule has 8 nitrogen and oxygen atoms in total. The van der Waals surface area contributed by atoms with Crippen LogP contribution < -0.4 is 5.32 Å². The second-order valence-electron chi connectivity index (χ2n) is 11.1. The first-order valence-electron chi connectivity index (χ1n) is 13.8. The Morgan fingerprint density at radius 1 is 1.02 bits per heavy atom. The van der Waals surface area contributed by atoms with Gasteiger partial charge in [-0.05, 0) is 62.6 Å². The van der Waals surface area contributed by atoms with E-state index in [2.05, 4.69) is 15.3 Å². The molecule has 1 N–H and O–H groups in total. The number of nitrogens with zero attached hydrogens (tertiary/aromatic N) is 3. The van der Waals surface area contributed by atoms with Crippen molar-refractivity contribution in [2.75, 3.05) is 12.4 Å². The molecule has 12 heteroatoms. The van der Waals surface area contributed by atoms with Crippen molar-refractivity contribution in [3.63, 3.8) is 0 Å². The van der Waals surface area contributed by atoms with E-state index in [9.17, 15) is 17.6 Å². The van der Waals surface area contributed by atoms with Crippen LogP contribution in [0.4, 0.5) is 19.0 Å². The van der Waals surface area contributed by atoms with Crippen LogP contribution >= 0.6 is 0 Å². The summed E-state index contributed by atoms with van der Waals surface area (Å²) >= 11 is 0. The van der Waals surface area contributed by atoms with Gasteiger partial charge in [0.15, 0.2) is 23.1 Å². The van der Waals surface area contributed by atoms with Crippen LogP contribution in [-0.2, 0) is 19.6 Å². The molecule has 3 aliphatic rings. The van der Waals surface area contributed by atoms with Crippen LogP contribution in [0.15, 0.2) is 53.7 Å². The first kappa shape index (κ1) is 28.2. The largest absolute Gasteiger partial charge is 0.469 e. The number of ether oxygens (including phenoxy) is 1. The monoisotopic (exact) mass is 598 g/mol. The van der Waals surface area contributed by atoms with Crippen LogP contribution in [0.2, 0.25) is 0 Å². The summed E-state index contributed by atoms with van der Waals surface area (Å²) in [4.78, 5) is 21.0. The molecule has 0 radical (unpaired) electrons. The zero-order valence-electron chi connectivity index (χ0n) is 23.0. The van der Waals surface area contributed by atoms with Crippen molar-refractivity contribution in [1.82, 2.24) is 13.9 Å². The first-order valence-corrected chi connectivity index (χ1v) is 15.2. The lowest BCUT2D eigenvalue weighted by molar-refractivity contribution is -0.149. The number of esters is 1. The zero-order valence-corrected chi connectivity index (χ0v) is 23.8. The van der Waals surface area contributed by atoms with E-state index in [4.69, 9.17) is 4.74 Å². The second-order valence-corrected chi connectivity index (χ2v) is 12.9. The second kappa shape index (κ2) is 10.7. The van der Waals surface area contributed by atoms with E-state index in [1.54, 1.807) is 12.1 Å². The highest BCUT2D eigenvalue weighted by Gasteiger charge is 2.46. The SMILES string of the molecule is COC(=O)[C@H]1C2CCCC(CC2)[C@@H]1Nc1nc(-c2cn(S(=O)(=O)c3ccc(C)cc3)c3ncc(F)cc23)c(F)cc1F. The van der Waals surface area contributed by atoms with Crippen LogP contribution in [-0.4, -0.2) is 41.5 Å². The summed E-state index contributed by atoms with van der Waals surface area (Å²) in [6.45, 7) is 1.81. The fourth-order valence-corrected chi connectivity index (χ4v) is 7.84. The van der Waals surface area contributed by atoms with Crippen molar-refractivity contribution in [3.8, 4) is 11.3 Å². The molecule has 2 unspecified atom stereocenters. The number of hydrogen-bond donors (Lipinski definition) is 1. The lowest BCUT2D eigenvalue weighted by atomic mass is 9.71. The van der Waals surface area contributed by atoms with Gasteiger partial charge in [-0.2, -0.15) is 0 Å². The van der Waals surface area contributed by atoms with Gasteiger partial charge in [-0.25, -0.2) is 35.5 Å². The Kier molecular flexibility index (Phi) is 7.20. The predicted octanol–water partition coefficient (Wildman–Crippen LogP) is 5.84. The highest BCUT2D eigenvalue weighted by atomic mass is 32.2. The maximum absolute atomic E-state index is 15.4. The average molecular weight is 599 g/mol. The van der Waals surface area contributed by atoms with Crippen molar-refractivity contribution in [2.45, 2.75) is 50.0 Å². The average Bonchev–Trinajstić information content (AvgIpc) is 3.08. The molecule has 0 amide bonds. The van der Waals surface area contributed by atoms with E-state index in [1.165, 1.54) is 19.2 Å². The van der Waals surface area contributed by atoms with Crippen molar-refractivity contribution in [2.24, 2.45) is 17.8 Å². The Hall–Kier alpha value is -3.93. The van der Waals surface area contributed by atoms with Gasteiger partial charge < -0.3 is 10.1 Å². The minimum Gasteiger partial charge on any atom is -0.469 e. The van der Waals surface area contributed by atoms with Crippen LogP contribution in [0, 0.1) is 42.1 Å². The molecule has 4 aromatic rings. The van der Waals surface area contributed by atoms with Crippen LogP contribution in [0.3, 0.4) is 0 Å². The molecule has 7 rings (SSSR count). The number of carbonyl (C=O) groups excluding carboxylic acids is 1.